The van der Waals surface area contributed by atoms with Gasteiger partial charge in [0.2, 0.25) is 0 Å². The van der Waals surface area contributed by atoms with E-state index in [1.54, 1.807) is 0 Å². The first kappa shape index (κ1) is 10.2. The number of nitrogens with one attached hydrogen (secondary N) is 1. The highest BCUT2D eigenvalue weighted by molar-refractivity contribution is 7.14. The molecule has 0 aliphatic carbocycles. The quantitative estimate of drug-likeness (QED) is 0.852. The Hall–Kier alpha value is -0.320. The van der Waals surface area contributed by atoms with Gasteiger partial charge in [0.25, 0.3) is 0 Å². The van der Waals surface area contributed by atoms with Crippen molar-refractivity contribution in [1.82, 2.24) is 4.98 Å². The zero-order valence-electron chi connectivity index (χ0n) is 7.83. The molecular weight excluding hydrogens is 220 g/mol. The second-order valence-electron chi connectivity index (χ2n) is 3.37. The third-order valence-corrected chi connectivity index (χ3v) is 3.26. The molecule has 14 heavy (non-hydrogen) atoms. The molecule has 3 nitrogen and oxygen atoms in total. The molecular formula is C9H13ClN2OS. The van der Waals surface area contributed by atoms with E-state index in [4.69, 9.17) is 16.3 Å². The summed E-state index contributed by atoms with van der Waals surface area (Å²) in [5.74, 6) is 0.895. The van der Waals surface area contributed by atoms with Crippen molar-refractivity contribution in [3.05, 3.63) is 9.85 Å². The first-order chi connectivity index (χ1) is 6.84. The van der Waals surface area contributed by atoms with Crippen LogP contribution in [0.15, 0.2) is 5.38 Å². The summed E-state index contributed by atoms with van der Waals surface area (Å²) in [4.78, 5) is 4.17. The maximum absolute atomic E-state index is 5.75. The van der Waals surface area contributed by atoms with Crippen LogP contribution in [-0.2, 0) is 4.74 Å². The third-order valence-electron chi connectivity index (χ3n) is 2.28. The summed E-state index contributed by atoms with van der Waals surface area (Å²) in [6.45, 7) is 1.73. The first-order valence-electron chi connectivity index (χ1n) is 4.80. The Balaban J connectivity index is 1.89. The number of aromatic nitrogens is 1. The lowest BCUT2D eigenvalue weighted by molar-refractivity contribution is 0.144. The van der Waals surface area contributed by atoms with Crippen molar-refractivity contribution in [3.8, 4) is 0 Å². The number of anilines is 1. The predicted molar refractivity (Wildman–Crippen MR) is 59.2 cm³/mol. The van der Waals surface area contributed by atoms with Crippen molar-refractivity contribution in [2.45, 2.75) is 25.3 Å². The molecule has 1 aromatic heterocycles. The molecule has 1 saturated heterocycles. The maximum atomic E-state index is 5.75. The molecule has 5 heteroatoms. The summed E-state index contributed by atoms with van der Waals surface area (Å²) in [6, 6.07) is 0.482. The second-order valence-corrected chi connectivity index (χ2v) is 4.81. The smallest absolute Gasteiger partial charge is 0.185 e. The predicted octanol–water partition coefficient (Wildman–Crippen LogP) is 2.78. The molecule has 1 N–H and O–H groups in total. The van der Waals surface area contributed by atoms with Crippen molar-refractivity contribution in [3.63, 3.8) is 0 Å². The summed E-state index contributed by atoms with van der Waals surface area (Å²) in [7, 11) is 0. The minimum absolute atomic E-state index is 0.482. The first-order valence-corrected chi connectivity index (χ1v) is 6.05. The minimum atomic E-state index is 0.482. The van der Waals surface area contributed by atoms with Gasteiger partial charge in [-0.3, -0.25) is 0 Å². The van der Waals surface area contributed by atoms with Crippen LogP contribution in [0.3, 0.4) is 0 Å². The normalized spacial score (nSPS) is 23.1. The van der Waals surface area contributed by atoms with E-state index in [1.807, 2.05) is 5.38 Å². The maximum Gasteiger partial charge on any atom is 0.185 e. The number of ether oxygens (including phenoxy) is 1. The topological polar surface area (TPSA) is 34.2 Å². The SMILES string of the molecule is Clc1nc(NC2CCCOCC2)cs1. The second kappa shape index (κ2) is 4.96. The molecule has 0 amide bonds. The fourth-order valence-corrected chi connectivity index (χ4v) is 2.28. The Morgan fingerprint density at radius 1 is 1.50 bits per heavy atom. The van der Waals surface area contributed by atoms with Crippen LogP contribution < -0.4 is 5.32 Å². The Morgan fingerprint density at radius 2 is 2.43 bits per heavy atom. The zero-order valence-corrected chi connectivity index (χ0v) is 9.40. The van der Waals surface area contributed by atoms with E-state index in [9.17, 15) is 0 Å². The van der Waals surface area contributed by atoms with Crippen LogP contribution in [0.5, 0.6) is 0 Å². The van der Waals surface area contributed by atoms with Crippen LogP contribution in [-0.4, -0.2) is 24.2 Å². The van der Waals surface area contributed by atoms with Crippen molar-refractivity contribution in [1.29, 1.82) is 0 Å². The number of rotatable bonds is 2. The average Bonchev–Trinajstić information content (AvgIpc) is 2.43. The molecule has 1 fully saturated rings. The van der Waals surface area contributed by atoms with E-state index < -0.39 is 0 Å². The van der Waals surface area contributed by atoms with Gasteiger partial charge in [-0.25, -0.2) is 4.98 Å². The molecule has 1 aromatic rings. The van der Waals surface area contributed by atoms with Crippen LogP contribution in [0.4, 0.5) is 5.82 Å². The zero-order chi connectivity index (χ0) is 9.80. The Labute approximate surface area is 92.4 Å². The standard InChI is InChI=1S/C9H13ClN2OS/c10-9-12-8(6-14-9)11-7-2-1-4-13-5-3-7/h6-7,11H,1-5H2. The highest BCUT2D eigenvalue weighted by Gasteiger charge is 2.12. The molecule has 2 heterocycles. The number of halogens is 1. The van der Waals surface area contributed by atoms with Crippen LogP contribution in [0, 0.1) is 0 Å². The fourth-order valence-electron chi connectivity index (χ4n) is 1.58. The summed E-state index contributed by atoms with van der Waals surface area (Å²) in [5.41, 5.74) is 0. The molecule has 0 aromatic carbocycles. The van der Waals surface area contributed by atoms with Crippen molar-refractivity contribution >= 4 is 28.8 Å². The lowest BCUT2D eigenvalue weighted by Crippen LogP contribution is -2.19. The van der Waals surface area contributed by atoms with Gasteiger partial charge >= 0.3 is 0 Å². The van der Waals surface area contributed by atoms with Crippen molar-refractivity contribution < 1.29 is 4.74 Å². The van der Waals surface area contributed by atoms with Gasteiger partial charge in [0, 0.05) is 24.6 Å². The Morgan fingerprint density at radius 3 is 3.21 bits per heavy atom. The van der Waals surface area contributed by atoms with Crippen LogP contribution in [0.1, 0.15) is 19.3 Å². The van der Waals surface area contributed by atoms with Crippen molar-refractivity contribution in [2.24, 2.45) is 0 Å². The van der Waals surface area contributed by atoms with E-state index in [1.165, 1.54) is 11.3 Å². The monoisotopic (exact) mass is 232 g/mol. The molecule has 0 saturated carbocycles. The molecule has 0 radical (unpaired) electrons. The molecule has 78 valence electrons. The summed E-state index contributed by atoms with van der Waals surface area (Å²) in [6.07, 6.45) is 3.32. The minimum Gasteiger partial charge on any atom is -0.381 e. The van der Waals surface area contributed by atoms with Gasteiger partial charge in [0.1, 0.15) is 5.82 Å². The van der Waals surface area contributed by atoms with Crippen LogP contribution >= 0.6 is 22.9 Å². The van der Waals surface area contributed by atoms with Gasteiger partial charge in [0.05, 0.1) is 0 Å². The lowest BCUT2D eigenvalue weighted by Gasteiger charge is -2.14. The van der Waals surface area contributed by atoms with Gasteiger partial charge < -0.3 is 10.1 Å². The average molecular weight is 233 g/mol. The molecule has 1 aliphatic heterocycles. The van der Waals surface area contributed by atoms with E-state index in [0.29, 0.717) is 10.5 Å². The summed E-state index contributed by atoms with van der Waals surface area (Å²) >= 11 is 7.21. The molecule has 0 spiro atoms. The van der Waals surface area contributed by atoms with Crippen molar-refractivity contribution in [2.75, 3.05) is 18.5 Å². The van der Waals surface area contributed by atoms with E-state index in [0.717, 1.165) is 38.3 Å². The number of hydrogen-bond donors (Lipinski definition) is 1. The van der Waals surface area contributed by atoms with Crippen LogP contribution in [0.25, 0.3) is 0 Å². The Bertz CT molecular complexity index is 284. The van der Waals surface area contributed by atoms with Gasteiger partial charge in [-0.15, -0.1) is 11.3 Å². The molecule has 0 bridgehead atoms. The van der Waals surface area contributed by atoms with Gasteiger partial charge in [-0.1, -0.05) is 11.6 Å². The summed E-state index contributed by atoms with van der Waals surface area (Å²) < 4.78 is 5.98. The molecule has 1 unspecified atom stereocenters. The number of thiazole rings is 1. The van der Waals surface area contributed by atoms with Gasteiger partial charge in [-0.2, -0.15) is 0 Å². The van der Waals surface area contributed by atoms with Crippen LogP contribution in [0.2, 0.25) is 4.47 Å². The molecule has 2 rings (SSSR count). The van der Waals surface area contributed by atoms with Gasteiger partial charge in [0.15, 0.2) is 4.47 Å². The number of hydrogen-bond acceptors (Lipinski definition) is 4. The Kier molecular flexibility index (Phi) is 3.61. The van der Waals surface area contributed by atoms with E-state index in [-0.39, 0.29) is 0 Å². The molecule has 1 aliphatic rings. The largest absolute Gasteiger partial charge is 0.381 e. The summed E-state index contributed by atoms with van der Waals surface area (Å²) in [5, 5.41) is 5.33. The van der Waals surface area contributed by atoms with E-state index >= 15 is 0 Å². The third kappa shape index (κ3) is 2.83. The highest BCUT2D eigenvalue weighted by atomic mass is 35.5. The number of nitrogens with zero attached hydrogens (tertiary/aromatic N) is 1. The highest BCUT2D eigenvalue weighted by Crippen LogP contribution is 2.21. The molecule has 1 atom stereocenters. The lowest BCUT2D eigenvalue weighted by atomic mass is 10.1. The fraction of sp³-hybridized carbons (Fsp3) is 0.667. The van der Waals surface area contributed by atoms with Gasteiger partial charge in [-0.05, 0) is 19.3 Å². The van der Waals surface area contributed by atoms with E-state index in [2.05, 4.69) is 10.3 Å².